The van der Waals surface area contributed by atoms with Crippen molar-refractivity contribution < 1.29 is 22.6 Å². The average Bonchev–Trinajstić information content (AvgIpc) is 3.23. The predicted molar refractivity (Wildman–Crippen MR) is 117 cm³/mol. The highest BCUT2D eigenvalue weighted by Crippen LogP contribution is 2.64. The van der Waals surface area contributed by atoms with Gasteiger partial charge in [-0.15, -0.1) is 13.2 Å². The lowest BCUT2D eigenvalue weighted by Gasteiger charge is -2.26. The molecule has 1 aliphatic heterocycles. The second kappa shape index (κ2) is 8.16. The fraction of sp³-hybridized carbons (Fsp3) is 0.652. The molecule has 0 radical (unpaired) electrons. The summed E-state index contributed by atoms with van der Waals surface area (Å²) in [6.45, 7) is 6.26. The summed E-state index contributed by atoms with van der Waals surface area (Å²) in [6.07, 6.45) is 0.415. The molecule has 2 aromatic rings. The third-order valence-electron chi connectivity index (χ3n) is 7.44. The van der Waals surface area contributed by atoms with Crippen molar-refractivity contribution in [3.8, 4) is 17.0 Å². The second-order valence-corrected chi connectivity index (χ2v) is 9.77. The second-order valence-electron chi connectivity index (χ2n) is 9.77. The molecule has 2 aromatic heterocycles. The number of rotatable bonds is 6. The first-order valence-electron chi connectivity index (χ1n) is 11.5. The van der Waals surface area contributed by atoms with Crippen molar-refractivity contribution in [2.45, 2.75) is 63.6 Å². The molecule has 5 atom stereocenters. The maximum Gasteiger partial charge on any atom is 0.573 e. The zero-order valence-corrected chi connectivity index (χ0v) is 19.0. The van der Waals surface area contributed by atoms with Gasteiger partial charge in [-0.25, -0.2) is 4.98 Å². The molecule has 2 N–H and O–H groups in total. The van der Waals surface area contributed by atoms with Crippen molar-refractivity contribution in [3.63, 3.8) is 0 Å². The number of anilines is 1. The first-order valence-corrected chi connectivity index (χ1v) is 11.5. The number of nitrogens with zero attached hydrogens (tertiary/aromatic N) is 4. The molecular formula is C23H30F3N5O2. The molecule has 3 heterocycles. The smallest absolute Gasteiger partial charge is 0.402 e. The SMILES string of the molecule is COC1CCN(C2C[C@@H]3C(c4cc(-c5cnc(N)c(OC(F)(F)F)c5)nn4C(C)C)[C@@H]3C2)C1. The number of methoxy groups -OCH3 is 1. The summed E-state index contributed by atoms with van der Waals surface area (Å²) < 4.78 is 49.7. The quantitative estimate of drug-likeness (QED) is 0.688. The first kappa shape index (κ1) is 22.5. The minimum Gasteiger partial charge on any atom is -0.402 e. The van der Waals surface area contributed by atoms with Crippen LogP contribution in [0.2, 0.25) is 0 Å². The van der Waals surface area contributed by atoms with Crippen LogP contribution in [0.1, 0.15) is 50.8 Å². The van der Waals surface area contributed by atoms with Crippen LogP contribution in [-0.2, 0) is 4.74 Å². The monoisotopic (exact) mass is 465 g/mol. The van der Waals surface area contributed by atoms with E-state index in [0.717, 1.165) is 25.2 Å². The Bertz CT molecular complexity index is 1010. The number of likely N-dealkylation sites (tertiary alicyclic amines) is 1. The summed E-state index contributed by atoms with van der Waals surface area (Å²) in [5.41, 5.74) is 7.78. The largest absolute Gasteiger partial charge is 0.573 e. The van der Waals surface area contributed by atoms with Gasteiger partial charge in [0.05, 0.1) is 11.8 Å². The van der Waals surface area contributed by atoms with Crippen molar-refractivity contribution in [1.29, 1.82) is 0 Å². The molecule has 3 unspecified atom stereocenters. The van der Waals surface area contributed by atoms with Crippen molar-refractivity contribution in [2.24, 2.45) is 11.8 Å². The predicted octanol–water partition coefficient (Wildman–Crippen LogP) is 4.22. The summed E-state index contributed by atoms with van der Waals surface area (Å²) in [4.78, 5) is 6.47. The van der Waals surface area contributed by atoms with Crippen molar-refractivity contribution in [2.75, 3.05) is 25.9 Å². The van der Waals surface area contributed by atoms with E-state index in [-0.39, 0.29) is 11.9 Å². The van der Waals surface area contributed by atoms with E-state index in [2.05, 4.69) is 28.5 Å². The van der Waals surface area contributed by atoms with Gasteiger partial charge < -0.3 is 15.2 Å². The van der Waals surface area contributed by atoms with Gasteiger partial charge in [-0.3, -0.25) is 9.58 Å². The molecular weight excluding hydrogens is 435 g/mol. The Balaban J connectivity index is 1.34. The van der Waals surface area contributed by atoms with E-state index in [4.69, 9.17) is 15.6 Å². The third kappa shape index (κ3) is 4.30. The lowest BCUT2D eigenvalue weighted by molar-refractivity contribution is -0.274. The highest BCUT2D eigenvalue weighted by atomic mass is 19.4. The van der Waals surface area contributed by atoms with E-state index in [1.54, 1.807) is 7.11 Å². The van der Waals surface area contributed by atoms with Crippen LogP contribution >= 0.6 is 0 Å². The number of halogens is 3. The Hall–Kier alpha value is -2.33. The lowest BCUT2D eigenvalue weighted by atomic mass is 10.0. The van der Waals surface area contributed by atoms with Gasteiger partial charge in [-0.2, -0.15) is 5.10 Å². The van der Waals surface area contributed by atoms with E-state index in [9.17, 15) is 13.2 Å². The Labute approximate surface area is 191 Å². The molecule has 1 saturated heterocycles. The number of fused-ring (bicyclic) bond motifs is 1. The van der Waals surface area contributed by atoms with Crippen LogP contribution in [0.3, 0.4) is 0 Å². The van der Waals surface area contributed by atoms with Crippen LogP contribution in [0.4, 0.5) is 19.0 Å². The molecule has 2 saturated carbocycles. The Morgan fingerprint density at radius 3 is 2.52 bits per heavy atom. The van der Waals surface area contributed by atoms with Crippen LogP contribution in [0.25, 0.3) is 11.3 Å². The van der Waals surface area contributed by atoms with Crippen LogP contribution in [-0.4, -0.2) is 58.4 Å². The summed E-state index contributed by atoms with van der Waals surface area (Å²) in [6, 6.07) is 4.02. The molecule has 3 aliphatic rings. The molecule has 0 spiro atoms. The van der Waals surface area contributed by atoms with Gasteiger partial charge >= 0.3 is 6.36 Å². The summed E-state index contributed by atoms with van der Waals surface area (Å²) in [5, 5.41) is 4.73. The van der Waals surface area contributed by atoms with Gasteiger partial charge in [0.1, 0.15) is 0 Å². The number of nitrogen functional groups attached to an aromatic ring is 1. The fourth-order valence-corrected chi connectivity index (χ4v) is 5.84. The number of alkyl halides is 3. The number of nitrogens with two attached hydrogens (primary N) is 1. The summed E-state index contributed by atoms with van der Waals surface area (Å²) in [7, 11) is 1.79. The normalized spacial score (nSPS) is 29.6. The van der Waals surface area contributed by atoms with Gasteiger partial charge in [0.2, 0.25) is 0 Å². The van der Waals surface area contributed by atoms with Crippen LogP contribution in [0.5, 0.6) is 5.75 Å². The number of hydrogen-bond donors (Lipinski definition) is 1. The van der Waals surface area contributed by atoms with Gasteiger partial charge in [0.25, 0.3) is 0 Å². The molecule has 180 valence electrons. The topological polar surface area (TPSA) is 78.4 Å². The summed E-state index contributed by atoms with van der Waals surface area (Å²) >= 11 is 0. The van der Waals surface area contributed by atoms with Crippen molar-refractivity contribution in [1.82, 2.24) is 19.7 Å². The zero-order valence-electron chi connectivity index (χ0n) is 19.0. The Morgan fingerprint density at radius 1 is 1.18 bits per heavy atom. The van der Waals surface area contributed by atoms with Crippen LogP contribution in [0.15, 0.2) is 18.3 Å². The third-order valence-corrected chi connectivity index (χ3v) is 7.44. The zero-order chi connectivity index (χ0) is 23.5. The maximum atomic E-state index is 12.7. The fourth-order valence-electron chi connectivity index (χ4n) is 5.84. The standard InChI is InChI=1S/C23H30F3N5O2/c1-12(2)31-19(21-16-7-14(8-17(16)21)30-5-4-15(11-30)32-3)9-18(29-31)13-6-20(22(27)28-10-13)33-23(24,25)26/h6,9-10,12,14-17,21H,4-5,7-8,11H2,1-3H3,(H2,27,28)/t14?,15?,16-,17+,21?. The Morgan fingerprint density at radius 2 is 1.91 bits per heavy atom. The molecule has 33 heavy (non-hydrogen) atoms. The van der Waals surface area contributed by atoms with E-state index in [1.807, 2.05) is 10.7 Å². The number of pyridine rings is 1. The molecule has 3 fully saturated rings. The van der Waals surface area contributed by atoms with Gasteiger partial charge in [0.15, 0.2) is 11.6 Å². The van der Waals surface area contributed by atoms with Gasteiger partial charge in [-0.05, 0) is 57.1 Å². The molecule has 0 aromatic carbocycles. The highest BCUT2D eigenvalue weighted by Gasteiger charge is 2.59. The Kier molecular flexibility index (Phi) is 5.55. The molecule has 2 aliphatic carbocycles. The van der Waals surface area contributed by atoms with Crippen LogP contribution in [0, 0.1) is 11.8 Å². The van der Waals surface area contributed by atoms with Crippen molar-refractivity contribution in [3.05, 3.63) is 24.0 Å². The van der Waals surface area contributed by atoms with Gasteiger partial charge in [-0.1, -0.05) is 0 Å². The molecule has 0 bridgehead atoms. The van der Waals surface area contributed by atoms with E-state index in [0.29, 0.717) is 41.2 Å². The number of hydrogen-bond acceptors (Lipinski definition) is 6. The minimum absolute atomic E-state index is 0.138. The van der Waals surface area contributed by atoms with Crippen LogP contribution < -0.4 is 10.5 Å². The van der Waals surface area contributed by atoms with E-state index < -0.39 is 12.1 Å². The van der Waals surface area contributed by atoms with E-state index in [1.165, 1.54) is 25.1 Å². The first-order chi connectivity index (χ1) is 15.6. The molecule has 10 heteroatoms. The molecule has 5 rings (SSSR count). The molecule has 7 nitrogen and oxygen atoms in total. The lowest BCUT2D eigenvalue weighted by Crippen LogP contribution is -2.33. The minimum atomic E-state index is -4.84. The van der Waals surface area contributed by atoms with Crippen molar-refractivity contribution >= 4 is 5.82 Å². The van der Waals surface area contributed by atoms with E-state index >= 15 is 0 Å². The maximum absolute atomic E-state index is 12.7. The number of ether oxygens (including phenoxy) is 2. The highest BCUT2D eigenvalue weighted by molar-refractivity contribution is 5.64. The summed E-state index contributed by atoms with van der Waals surface area (Å²) in [5.74, 6) is 0.893. The average molecular weight is 466 g/mol. The number of aromatic nitrogens is 3. The molecule has 0 amide bonds. The van der Waals surface area contributed by atoms with Gasteiger partial charge in [0, 0.05) is 55.7 Å².